The van der Waals surface area contributed by atoms with Gasteiger partial charge < -0.3 is 10.6 Å². The lowest BCUT2D eigenvalue weighted by atomic mass is 10.0. The highest BCUT2D eigenvalue weighted by atomic mass is 35.5. The number of nitrogens with one attached hydrogen (secondary N) is 1. The van der Waals surface area contributed by atoms with E-state index in [1.54, 1.807) is 17.4 Å². The monoisotopic (exact) mass is 546 g/mol. The summed E-state index contributed by atoms with van der Waals surface area (Å²) in [5.74, 6) is 0.925. The second-order valence-electron chi connectivity index (χ2n) is 9.11. The van der Waals surface area contributed by atoms with E-state index in [0.29, 0.717) is 32.9 Å². The van der Waals surface area contributed by atoms with Gasteiger partial charge in [-0.25, -0.2) is 15.5 Å². The fourth-order valence-corrected chi connectivity index (χ4v) is 4.69. The Morgan fingerprint density at radius 1 is 0.974 bits per heavy atom. The molecule has 5 rings (SSSR count). The van der Waals surface area contributed by atoms with Crippen LogP contribution in [0.25, 0.3) is 11.1 Å². The largest absolute Gasteiger partial charge is 0.383 e. The lowest BCUT2D eigenvalue weighted by Gasteiger charge is -2.27. The summed E-state index contributed by atoms with van der Waals surface area (Å²) in [5, 5.41) is 8.87. The average molecular weight is 547 g/mol. The van der Waals surface area contributed by atoms with Crippen LogP contribution in [-0.4, -0.2) is 46.5 Å². The highest BCUT2D eigenvalue weighted by Gasteiger charge is 2.30. The van der Waals surface area contributed by atoms with E-state index in [2.05, 4.69) is 62.9 Å². The second-order valence-corrected chi connectivity index (χ2v) is 9.89. The number of aromatic nitrogens is 2. The summed E-state index contributed by atoms with van der Waals surface area (Å²) < 4.78 is 0. The topological polar surface area (TPSA) is 85.9 Å². The van der Waals surface area contributed by atoms with Crippen molar-refractivity contribution in [2.24, 2.45) is 5.10 Å². The van der Waals surface area contributed by atoms with E-state index in [9.17, 15) is 0 Å². The van der Waals surface area contributed by atoms with Crippen LogP contribution in [0, 0.1) is 0 Å². The number of hydrogen-bond acceptors (Lipinski definition) is 8. The van der Waals surface area contributed by atoms with Gasteiger partial charge >= 0.3 is 0 Å². The van der Waals surface area contributed by atoms with Gasteiger partial charge in [-0.05, 0) is 48.5 Å². The van der Waals surface area contributed by atoms with Crippen LogP contribution in [0.5, 0.6) is 0 Å². The number of hydrazine groups is 2. The van der Waals surface area contributed by atoms with Crippen molar-refractivity contribution >= 4 is 40.5 Å². The molecule has 0 saturated carbocycles. The summed E-state index contributed by atoms with van der Waals surface area (Å²) in [6.45, 7) is 1.78. The standard InChI is InChI=1S/C28H28Cl2N8/c1-36(15-13-22-6-3-4-14-32-22)18-19-9-11-20(12-10-19)21-16-23(27(31)33-17-21)28-34-35-37(2)38(28)25-8-5-7-24(29)26(25)30/h3-12,14,16-17,35H,13,15,18H2,1-2H3,(H2,31,33). The Morgan fingerprint density at radius 3 is 2.55 bits per heavy atom. The van der Waals surface area contributed by atoms with E-state index in [4.69, 9.17) is 28.9 Å². The molecule has 1 aliphatic rings. The van der Waals surface area contributed by atoms with Crippen LogP contribution in [0.4, 0.5) is 11.5 Å². The molecule has 10 heteroatoms. The van der Waals surface area contributed by atoms with Crippen molar-refractivity contribution in [3.05, 3.63) is 106 Å². The number of anilines is 2. The molecular weight excluding hydrogens is 519 g/mol. The van der Waals surface area contributed by atoms with E-state index in [1.165, 1.54) is 5.56 Å². The number of likely N-dealkylation sites (N-methyl/N-ethyl adjacent to an activating group) is 1. The van der Waals surface area contributed by atoms with Gasteiger partial charge in [-0.1, -0.05) is 59.6 Å². The molecule has 8 nitrogen and oxygen atoms in total. The smallest absolute Gasteiger partial charge is 0.181 e. The molecule has 38 heavy (non-hydrogen) atoms. The van der Waals surface area contributed by atoms with Gasteiger partial charge in [0.15, 0.2) is 5.84 Å². The van der Waals surface area contributed by atoms with Crippen LogP contribution in [0.2, 0.25) is 10.0 Å². The summed E-state index contributed by atoms with van der Waals surface area (Å²) in [5.41, 5.74) is 14.9. The van der Waals surface area contributed by atoms with E-state index in [0.717, 1.165) is 36.3 Å². The summed E-state index contributed by atoms with van der Waals surface area (Å²) in [6, 6.07) is 21.9. The summed E-state index contributed by atoms with van der Waals surface area (Å²) in [7, 11) is 3.95. The van der Waals surface area contributed by atoms with E-state index < -0.39 is 0 Å². The maximum Gasteiger partial charge on any atom is 0.181 e. The first-order valence-electron chi connectivity index (χ1n) is 12.2. The molecule has 0 radical (unpaired) electrons. The Morgan fingerprint density at radius 2 is 1.79 bits per heavy atom. The molecule has 0 atom stereocenters. The van der Waals surface area contributed by atoms with Gasteiger partial charge in [0.05, 0.1) is 21.3 Å². The first kappa shape index (κ1) is 25.9. The Hall–Kier alpha value is -3.69. The van der Waals surface area contributed by atoms with Crippen LogP contribution in [-0.2, 0) is 13.0 Å². The summed E-state index contributed by atoms with van der Waals surface area (Å²) in [6.07, 6.45) is 4.53. The molecule has 0 aliphatic carbocycles. The Labute approximate surface area is 232 Å². The van der Waals surface area contributed by atoms with Crippen LogP contribution in [0.1, 0.15) is 16.8 Å². The predicted octanol–water partition coefficient (Wildman–Crippen LogP) is 5.24. The van der Waals surface area contributed by atoms with Gasteiger partial charge in [0.1, 0.15) is 5.82 Å². The van der Waals surface area contributed by atoms with Crippen LogP contribution >= 0.6 is 23.2 Å². The van der Waals surface area contributed by atoms with Crippen molar-refractivity contribution in [2.75, 3.05) is 31.4 Å². The minimum atomic E-state index is 0.360. The number of hydrazone groups is 1. The normalized spacial score (nSPS) is 13.6. The van der Waals surface area contributed by atoms with Crippen molar-refractivity contribution in [2.45, 2.75) is 13.0 Å². The average Bonchev–Trinajstić information content (AvgIpc) is 3.31. The minimum absolute atomic E-state index is 0.360. The van der Waals surface area contributed by atoms with Gasteiger partial charge in [0, 0.05) is 50.2 Å². The molecule has 3 heterocycles. The molecule has 0 fully saturated rings. The third kappa shape index (κ3) is 5.58. The quantitative estimate of drug-likeness (QED) is 0.312. The molecule has 0 unspecified atom stereocenters. The zero-order valence-electron chi connectivity index (χ0n) is 21.1. The number of halogens is 2. The van der Waals surface area contributed by atoms with Crippen molar-refractivity contribution in [3.63, 3.8) is 0 Å². The Balaban J connectivity index is 1.33. The number of benzene rings is 2. The molecule has 0 bridgehead atoms. The number of nitrogens with two attached hydrogens (primary N) is 1. The lowest BCUT2D eigenvalue weighted by Crippen LogP contribution is -2.43. The highest BCUT2D eigenvalue weighted by Crippen LogP contribution is 2.35. The predicted molar refractivity (Wildman–Crippen MR) is 155 cm³/mol. The third-order valence-electron chi connectivity index (χ3n) is 6.34. The van der Waals surface area contributed by atoms with E-state index in [-0.39, 0.29) is 0 Å². The van der Waals surface area contributed by atoms with Gasteiger partial charge in [-0.2, -0.15) is 0 Å². The molecule has 3 N–H and O–H groups in total. The third-order valence-corrected chi connectivity index (χ3v) is 7.14. The number of rotatable bonds is 8. The number of hydrogen-bond donors (Lipinski definition) is 2. The molecular formula is C28H28Cl2N8. The molecule has 2 aromatic heterocycles. The lowest BCUT2D eigenvalue weighted by molar-refractivity contribution is 0.278. The molecule has 0 spiro atoms. The van der Waals surface area contributed by atoms with E-state index in [1.807, 2.05) is 48.6 Å². The molecule has 1 aliphatic heterocycles. The van der Waals surface area contributed by atoms with Gasteiger partial charge in [0.25, 0.3) is 0 Å². The van der Waals surface area contributed by atoms with Crippen LogP contribution < -0.4 is 16.3 Å². The fourth-order valence-electron chi connectivity index (χ4n) is 4.32. The zero-order chi connectivity index (χ0) is 26.6. The van der Waals surface area contributed by atoms with Crippen molar-refractivity contribution in [1.29, 1.82) is 0 Å². The molecule has 4 aromatic rings. The van der Waals surface area contributed by atoms with Gasteiger partial charge in [0.2, 0.25) is 0 Å². The second kappa shape index (κ2) is 11.4. The number of pyridine rings is 2. The van der Waals surface area contributed by atoms with Crippen molar-refractivity contribution in [1.82, 2.24) is 25.5 Å². The fraction of sp³-hybridized carbons (Fsp3) is 0.179. The first-order chi connectivity index (χ1) is 18.4. The number of nitrogens with zero attached hydrogens (tertiary/aromatic N) is 6. The summed E-state index contributed by atoms with van der Waals surface area (Å²) >= 11 is 12.8. The Kier molecular flexibility index (Phi) is 7.76. The summed E-state index contributed by atoms with van der Waals surface area (Å²) in [4.78, 5) is 11.2. The number of amidine groups is 1. The van der Waals surface area contributed by atoms with Crippen LogP contribution in [0.15, 0.2) is 84.2 Å². The zero-order valence-corrected chi connectivity index (χ0v) is 22.7. The van der Waals surface area contributed by atoms with Gasteiger partial charge in [-0.3, -0.25) is 4.98 Å². The maximum atomic E-state index is 6.52. The maximum absolute atomic E-state index is 6.52. The first-order valence-corrected chi connectivity index (χ1v) is 12.9. The molecule has 194 valence electrons. The van der Waals surface area contributed by atoms with Crippen LogP contribution in [0.3, 0.4) is 0 Å². The van der Waals surface area contributed by atoms with E-state index >= 15 is 0 Å². The number of nitrogen functional groups attached to an aromatic ring is 1. The SMILES string of the molecule is CN(CCc1ccccn1)Cc1ccc(-c2cnc(N)c(C3=NNN(C)N3c3cccc(Cl)c3Cl)c2)cc1. The molecule has 2 aromatic carbocycles. The minimum Gasteiger partial charge on any atom is -0.383 e. The molecule has 0 saturated heterocycles. The Bertz CT molecular complexity index is 1440. The van der Waals surface area contributed by atoms with Crippen molar-refractivity contribution < 1.29 is 0 Å². The highest BCUT2D eigenvalue weighted by molar-refractivity contribution is 6.44. The van der Waals surface area contributed by atoms with Crippen molar-refractivity contribution in [3.8, 4) is 11.1 Å². The van der Waals surface area contributed by atoms with Gasteiger partial charge in [-0.15, -0.1) is 10.2 Å². The molecule has 0 amide bonds.